The molecule has 1 aromatic heterocycles. The number of esters is 1. The van der Waals surface area contributed by atoms with Crippen molar-refractivity contribution in [2.75, 3.05) is 7.11 Å². The van der Waals surface area contributed by atoms with Gasteiger partial charge in [0.25, 0.3) is 5.91 Å². The third kappa shape index (κ3) is 3.45. The van der Waals surface area contributed by atoms with E-state index in [1.54, 1.807) is 12.1 Å². The van der Waals surface area contributed by atoms with Gasteiger partial charge in [-0.05, 0) is 67.1 Å². The number of aromatic amines is 1. The van der Waals surface area contributed by atoms with E-state index >= 15 is 0 Å². The maximum absolute atomic E-state index is 12.6. The number of carbonyl (C=O) groups excluding carboxylic acids is 2. The first-order valence-corrected chi connectivity index (χ1v) is 9.24. The van der Waals surface area contributed by atoms with Crippen molar-refractivity contribution in [2.24, 2.45) is 0 Å². The minimum atomic E-state index is -0.367. The summed E-state index contributed by atoms with van der Waals surface area (Å²) in [6.45, 7) is 0.406. The lowest BCUT2D eigenvalue weighted by Gasteiger charge is -2.10. The lowest BCUT2D eigenvalue weighted by Crippen LogP contribution is -2.22. The number of nitrogens with one attached hydrogen (secondary N) is 2. The summed E-state index contributed by atoms with van der Waals surface area (Å²) in [7, 11) is 1.36. The van der Waals surface area contributed by atoms with Crippen LogP contribution in [0.1, 0.15) is 50.4 Å². The Bertz CT molecular complexity index is 1000. The van der Waals surface area contributed by atoms with Gasteiger partial charge in [-0.3, -0.25) is 4.79 Å². The highest BCUT2D eigenvalue weighted by Gasteiger charge is 2.16. The van der Waals surface area contributed by atoms with Crippen LogP contribution in [-0.2, 0) is 24.1 Å². The normalized spacial score (nSPS) is 13.2. The summed E-state index contributed by atoms with van der Waals surface area (Å²) in [4.78, 5) is 27.5. The monoisotopic (exact) mass is 362 g/mol. The Morgan fingerprint density at radius 1 is 1.04 bits per heavy atom. The van der Waals surface area contributed by atoms with Gasteiger partial charge in [0.05, 0.1) is 12.7 Å². The van der Waals surface area contributed by atoms with E-state index < -0.39 is 0 Å². The molecule has 0 aliphatic heterocycles. The fraction of sp³-hybridized carbons (Fsp3) is 0.273. The van der Waals surface area contributed by atoms with Gasteiger partial charge < -0.3 is 15.0 Å². The summed E-state index contributed by atoms with van der Waals surface area (Å²) < 4.78 is 4.69. The lowest BCUT2D eigenvalue weighted by atomic mass is 9.95. The number of methoxy groups -OCH3 is 1. The van der Waals surface area contributed by atoms with Crippen LogP contribution in [0.2, 0.25) is 0 Å². The minimum Gasteiger partial charge on any atom is -0.465 e. The first-order valence-electron chi connectivity index (χ1n) is 9.24. The van der Waals surface area contributed by atoms with Gasteiger partial charge in [0, 0.05) is 28.7 Å². The van der Waals surface area contributed by atoms with Crippen LogP contribution < -0.4 is 5.32 Å². The molecule has 5 nitrogen and oxygen atoms in total. The van der Waals surface area contributed by atoms with E-state index in [-0.39, 0.29) is 11.9 Å². The van der Waals surface area contributed by atoms with Crippen molar-refractivity contribution in [1.82, 2.24) is 10.3 Å². The maximum atomic E-state index is 12.6. The molecule has 1 amide bonds. The van der Waals surface area contributed by atoms with Crippen LogP contribution in [0.5, 0.6) is 0 Å². The molecule has 5 heteroatoms. The van der Waals surface area contributed by atoms with E-state index in [0.717, 1.165) is 23.9 Å². The van der Waals surface area contributed by atoms with Gasteiger partial charge in [0.15, 0.2) is 0 Å². The SMILES string of the molecule is COC(=O)c1ccc(CNC(=O)c2ccc3[nH]c4c(c3c2)CCCC4)cc1. The summed E-state index contributed by atoms with van der Waals surface area (Å²) in [5, 5.41) is 4.12. The Kier molecular flexibility index (Phi) is 4.67. The number of ether oxygens (including phenoxy) is 1. The van der Waals surface area contributed by atoms with Gasteiger partial charge in [0.2, 0.25) is 0 Å². The number of amides is 1. The van der Waals surface area contributed by atoms with Crippen LogP contribution in [0.25, 0.3) is 10.9 Å². The second-order valence-corrected chi connectivity index (χ2v) is 6.92. The third-order valence-corrected chi connectivity index (χ3v) is 5.19. The fourth-order valence-corrected chi connectivity index (χ4v) is 3.71. The number of hydrogen-bond donors (Lipinski definition) is 2. The van der Waals surface area contributed by atoms with E-state index in [1.165, 1.54) is 36.6 Å². The van der Waals surface area contributed by atoms with Crippen molar-refractivity contribution in [3.63, 3.8) is 0 Å². The number of H-pyrrole nitrogens is 1. The number of rotatable bonds is 4. The number of hydrogen-bond acceptors (Lipinski definition) is 3. The topological polar surface area (TPSA) is 71.2 Å². The highest BCUT2D eigenvalue weighted by atomic mass is 16.5. The molecule has 0 fully saturated rings. The Morgan fingerprint density at radius 3 is 2.56 bits per heavy atom. The Hall–Kier alpha value is -3.08. The average molecular weight is 362 g/mol. The van der Waals surface area contributed by atoms with E-state index in [9.17, 15) is 9.59 Å². The van der Waals surface area contributed by atoms with Crippen molar-refractivity contribution in [2.45, 2.75) is 32.2 Å². The Balaban J connectivity index is 1.47. The van der Waals surface area contributed by atoms with E-state index in [4.69, 9.17) is 0 Å². The number of aromatic nitrogens is 1. The van der Waals surface area contributed by atoms with Crippen LogP contribution in [0.3, 0.4) is 0 Å². The predicted octanol–water partition coefficient (Wildman–Crippen LogP) is 3.76. The third-order valence-electron chi connectivity index (χ3n) is 5.19. The predicted molar refractivity (Wildman–Crippen MR) is 104 cm³/mol. The number of fused-ring (bicyclic) bond motifs is 3. The van der Waals surface area contributed by atoms with E-state index in [1.807, 2.05) is 30.3 Å². The van der Waals surface area contributed by atoms with Crippen molar-refractivity contribution in [3.8, 4) is 0 Å². The molecule has 27 heavy (non-hydrogen) atoms. The van der Waals surface area contributed by atoms with Gasteiger partial charge in [0.1, 0.15) is 0 Å². The number of benzene rings is 2. The summed E-state index contributed by atoms with van der Waals surface area (Å²) >= 11 is 0. The quantitative estimate of drug-likeness (QED) is 0.694. The molecule has 3 aromatic rings. The molecule has 1 heterocycles. The number of carbonyl (C=O) groups is 2. The molecule has 1 aliphatic carbocycles. The highest BCUT2D eigenvalue weighted by molar-refractivity contribution is 5.99. The molecule has 0 bridgehead atoms. The Morgan fingerprint density at radius 2 is 1.78 bits per heavy atom. The van der Waals surface area contributed by atoms with Crippen molar-refractivity contribution < 1.29 is 14.3 Å². The molecule has 0 saturated carbocycles. The molecule has 0 radical (unpaired) electrons. The van der Waals surface area contributed by atoms with Crippen LogP contribution in [0, 0.1) is 0 Å². The van der Waals surface area contributed by atoms with Crippen LogP contribution >= 0.6 is 0 Å². The highest BCUT2D eigenvalue weighted by Crippen LogP contribution is 2.29. The average Bonchev–Trinajstić information content (AvgIpc) is 3.09. The molecule has 4 rings (SSSR count). The summed E-state index contributed by atoms with van der Waals surface area (Å²) in [6, 6.07) is 12.9. The maximum Gasteiger partial charge on any atom is 0.337 e. The standard InChI is InChI=1S/C22H22N2O3/c1-27-22(26)15-8-6-14(7-9-15)13-23-21(25)16-10-11-20-18(12-16)17-4-2-3-5-19(17)24-20/h6-12,24H,2-5,13H2,1H3,(H,23,25). The molecular formula is C22H22N2O3. The fourth-order valence-electron chi connectivity index (χ4n) is 3.71. The van der Waals surface area contributed by atoms with Crippen LogP contribution in [0.15, 0.2) is 42.5 Å². The zero-order chi connectivity index (χ0) is 18.8. The summed E-state index contributed by atoms with van der Waals surface area (Å²) in [6.07, 6.45) is 4.60. The Labute approximate surface area is 157 Å². The van der Waals surface area contributed by atoms with Crippen molar-refractivity contribution in [3.05, 3.63) is 70.4 Å². The second-order valence-electron chi connectivity index (χ2n) is 6.92. The zero-order valence-corrected chi connectivity index (χ0v) is 15.3. The van der Waals surface area contributed by atoms with Crippen molar-refractivity contribution in [1.29, 1.82) is 0 Å². The summed E-state index contributed by atoms with van der Waals surface area (Å²) in [5.41, 5.74) is 5.88. The van der Waals surface area contributed by atoms with Gasteiger partial charge in [-0.25, -0.2) is 4.79 Å². The molecule has 138 valence electrons. The molecule has 1 aliphatic rings. The molecular weight excluding hydrogens is 340 g/mol. The van der Waals surface area contributed by atoms with E-state index in [2.05, 4.69) is 15.0 Å². The van der Waals surface area contributed by atoms with Gasteiger partial charge in [-0.15, -0.1) is 0 Å². The van der Waals surface area contributed by atoms with Crippen LogP contribution in [-0.4, -0.2) is 24.0 Å². The van der Waals surface area contributed by atoms with Gasteiger partial charge in [-0.2, -0.15) is 0 Å². The number of aryl methyl sites for hydroxylation is 2. The lowest BCUT2D eigenvalue weighted by molar-refractivity contribution is 0.0600. The van der Waals surface area contributed by atoms with Gasteiger partial charge in [-0.1, -0.05) is 12.1 Å². The molecule has 0 saturated heterocycles. The molecule has 0 unspecified atom stereocenters. The largest absolute Gasteiger partial charge is 0.465 e. The second kappa shape index (κ2) is 7.27. The van der Waals surface area contributed by atoms with Gasteiger partial charge >= 0.3 is 5.97 Å². The first kappa shape index (κ1) is 17.3. The zero-order valence-electron chi connectivity index (χ0n) is 15.3. The molecule has 2 aromatic carbocycles. The first-order chi connectivity index (χ1) is 13.2. The van der Waals surface area contributed by atoms with Crippen molar-refractivity contribution >= 4 is 22.8 Å². The minimum absolute atomic E-state index is 0.0975. The molecule has 2 N–H and O–H groups in total. The molecule has 0 atom stereocenters. The van der Waals surface area contributed by atoms with Crippen LogP contribution in [0.4, 0.5) is 0 Å². The smallest absolute Gasteiger partial charge is 0.337 e. The van der Waals surface area contributed by atoms with E-state index in [0.29, 0.717) is 17.7 Å². The summed E-state index contributed by atoms with van der Waals surface area (Å²) in [5.74, 6) is -0.464. The molecule has 0 spiro atoms.